The van der Waals surface area contributed by atoms with Gasteiger partial charge in [-0.3, -0.25) is 9.78 Å². The van der Waals surface area contributed by atoms with Crippen molar-refractivity contribution in [1.29, 1.82) is 0 Å². The molecule has 0 radical (unpaired) electrons. The maximum atomic E-state index is 10.8. The van der Waals surface area contributed by atoms with Gasteiger partial charge in [-0.2, -0.15) is 0 Å². The minimum atomic E-state index is 0.304. The number of rotatable bonds is 4. The number of carbonyl (C=O) groups excluding carboxylic acids is 1. The van der Waals surface area contributed by atoms with E-state index in [1.54, 1.807) is 12.3 Å². The first-order valence-corrected chi connectivity index (χ1v) is 8.70. The van der Waals surface area contributed by atoms with Crippen LogP contribution in [0, 0.1) is 5.92 Å². The Hall–Kier alpha value is -1.42. The van der Waals surface area contributed by atoms with Gasteiger partial charge < -0.3 is 4.74 Å². The van der Waals surface area contributed by atoms with E-state index in [2.05, 4.69) is 27.8 Å². The molecule has 1 saturated carbocycles. The number of fused-ring (bicyclic) bond motifs is 1. The zero-order chi connectivity index (χ0) is 15.5. The summed E-state index contributed by atoms with van der Waals surface area (Å²) in [7, 11) is 0. The molecule has 3 rings (SSSR count). The maximum absolute atomic E-state index is 10.8. The van der Waals surface area contributed by atoms with Gasteiger partial charge in [-0.1, -0.05) is 19.4 Å². The zero-order valence-corrected chi connectivity index (χ0v) is 14.3. The smallest absolute Gasteiger partial charge is 0.168 e. The summed E-state index contributed by atoms with van der Waals surface area (Å²) in [5.41, 5.74) is 0.450. The monoisotopic (exact) mass is 361 g/mol. The van der Waals surface area contributed by atoms with Crippen molar-refractivity contribution in [1.82, 2.24) is 4.98 Å². The second-order valence-corrected chi connectivity index (χ2v) is 6.79. The number of aromatic nitrogens is 1. The second kappa shape index (κ2) is 6.78. The zero-order valence-electron chi connectivity index (χ0n) is 12.7. The highest BCUT2D eigenvalue weighted by Gasteiger charge is 2.22. The fourth-order valence-electron chi connectivity index (χ4n) is 3.17. The third-order valence-corrected chi connectivity index (χ3v) is 5.43. The van der Waals surface area contributed by atoms with E-state index >= 15 is 0 Å². The number of benzene rings is 1. The summed E-state index contributed by atoms with van der Waals surface area (Å²) in [5, 5.41) is 1.97. The van der Waals surface area contributed by atoms with Crippen LogP contribution in [0.25, 0.3) is 10.8 Å². The Bertz CT molecular complexity index is 678. The minimum Gasteiger partial charge on any atom is -0.489 e. The Labute approximate surface area is 139 Å². The predicted octanol–water partition coefficient (Wildman–Crippen LogP) is 5.16. The summed E-state index contributed by atoms with van der Waals surface area (Å²) in [5.74, 6) is 1.74. The van der Waals surface area contributed by atoms with E-state index in [1.165, 1.54) is 19.3 Å². The number of pyridine rings is 1. The van der Waals surface area contributed by atoms with Crippen molar-refractivity contribution in [3.8, 4) is 5.75 Å². The average Bonchev–Trinajstić information content (AvgIpc) is 2.57. The third kappa shape index (κ3) is 3.17. The molecule has 1 fully saturated rings. The molecule has 0 atom stereocenters. The molecule has 1 heterocycles. The molecule has 1 aromatic heterocycles. The van der Waals surface area contributed by atoms with Gasteiger partial charge in [0.15, 0.2) is 6.29 Å². The summed E-state index contributed by atoms with van der Waals surface area (Å²) in [6.45, 7) is 2.27. The Kier molecular flexibility index (Phi) is 4.77. The summed E-state index contributed by atoms with van der Waals surface area (Å²) in [4.78, 5) is 15.0. The van der Waals surface area contributed by atoms with Crippen LogP contribution in [0.15, 0.2) is 28.9 Å². The molecule has 1 aliphatic rings. The van der Waals surface area contributed by atoms with Crippen molar-refractivity contribution in [2.75, 3.05) is 0 Å². The predicted molar refractivity (Wildman–Crippen MR) is 91.5 cm³/mol. The molecule has 0 amide bonds. The van der Waals surface area contributed by atoms with E-state index in [4.69, 9.17) is 4.74 Å². The summed E-state index contributed by atoms with van der Waals surface area (Å²) < 4.78 is 7.12. The van der Waals surface area contributed by atoms with Gasteiger partial charge in [-0.05, 0) is 65.1 Å². The average molecular weight is 362 g/mol. The van der Waals surface area contributed by atoms with Gasteiger partial charge in [0.1, 0.15) is 11.4 Å². The molecule has 1 aromatic carbocycles. The fraction of sp³-hybridized carbons (Fsp3) is 0.444. The van der Waals surface area contributed by atoms with E-state index in [9.17, 15) is 4.79 Å². The van der Waals surface area contributed by atoms with E-state index in [0.29, 0.717) is 11.8 Å². The maximum Gasteiger partial charge on any atom is 0.168 e. The van der Waals surface area contributed by atoms with Crippen LogP contribution < -0.4 is 4.74 Å². The van der Waals surface area contributed by atoms with E-state index < -0.39 is 0 Å². The Morgan fingerprint density at radius 1 is 1.32 bits per heavy atom. The van der Waals surface area contributed by atoms with Gasteiger partial charge in [-0.15, -0.1) is 0 Å². The second-order valence-electron chi connectivity index (χ2n) is 5.99. The number of nitrogens with zero attached hydrogens (tertiary/aromatic N) is 1. The van der Waals surface area contributed by atoms with Crippen LogP contribution in [-0.2, 0) is 0 Å². The first-order chi connectivity index (χ1) is 10.7. The molecule has 0 bridgehead atoms. The molecule has 0 N–H and O–H groups in total. The third-order valence-electron chi connectivity index (χ3n) is 4.61. The van der Waals surface area contributed by atoms with E-state index in [0.717, 1.165) is 46.0 Å². The van der Waals surface area contributed by atoms with Gasteiger partial charge in [0.05, 0.1) is 10.6 Å². The molecular formula is C18H20BrNO2. The van der Waals surface area contributed by atoms with Crippen LogP contribution >= 0.6 is 15.9 Å². The Morgan fingerprint density at radius 3 is 2.77 bits per heavy atom. The SMILES string of the molecule is CC[C@H]1CC[C@@H](Oc2ccc3cc(C=O)ncc3c2Br)CC1. The number of hydrogen-bond donors (Lipinski definition) is 0. The largest absolute Gasteiger partial charge is 0.489 e. The molecule has 0 spiro atoms. The van der Waals surface area contributed by atoms with Crippen LogP contribution in [0.4, 0.5) is 0 Å². The summed E-state index contributed by atoms with van der Waals surface area (Å²) in [6, 6.07) is 5.76. The van der Waals surface area contributed by atoms with Crippen molar-refractivity contribution in [3.05, 3.63) is 34.6 Å². The molecule has 2 aromatic rings. The van der Waals surface area contributed by atoms with Gasteiger partial charge in [0.25, 0.3) is 0 Å². The minimum absolute atomic E-state index is 0.304. The van der Waals surface area contributed by atoms with Crippen molar-refractivity contribution in [3.63, 3.8) is 0 Å². The normalized spacial score (nSPS) is 21.7. The quantitative estimate of drug-likeness (QED) is 0.706. The molecular weight excluding hydrogens is 342 g/mol. The molecule has 1 aliphatic carbocycles. The highest BCUT2D eigenvalue weighted by Crippen LogP contribution is 2.36. The lowest BCUT2D eigenvalue weighted by atomic mass is 9.86. The lowest BCUT2D eigenvalue weighted by Crippen LogP contribution is -2.24. The van der Waals surface area contributed by atoms with Crippen molar-refractivity contribution < 1.29 is 9.53 Å². The van der Waals surface area contributed by atoms with E-state index in [1.807, 2.05) is 12.1 Å². The standard InChI is InChI=1S/C18H20BrNO2/c1-2-12-3-6-15(7-4-12)22-17-8-5-13-9-14(11-21)20-10-16(13)18(17)19/h5,8-12,15H,2-4,6-7H2,1H3/t12-,15+. The number of carbonyl (C=O) groups is 1. The Balaban J connectivity index is 1.80. The number of ether oxygens (including phenoxy) is 1. The number of hydrogen-bond acceptors (Lipinski definition) is 3. The van der Waals surface area contributed by atoms with Crippen LogP contribution in [-0.4, -0.2) is 17.4 Å². The van der Waals surface area contributed by atoms with Gasteiger partial charge >= 0.3 is 0 Å². The molecule has 3 nitrogen and oxygen atoms in total. The van der Waals surface area contributed by atoms with Crippen molar-refractivity contribution in [2.24, 2.45) is 5.92 Å². The van der Waals surface area contributed by atoms with Crippen LogP contribution in [0.3, 0.4) is 0 Å². The number of aldehydes is 1. The Morgan fingerprint density at radius 2 is 2.09 bits per heavy atom. The first kappa shape index (κ1) is 15.5. The molecule has 0 aliphatic heterocycles. The molecule has 22 heavy (non-hydrogen) atoms. The van der Waals surface area contributed by atoms with Gasteiger partial charge in [-0.25, -0.2) is 0 Å². The molecule has 4 heteroatoms. The number of halogens is 1. The summed E-state index contributed by atoms with van der Waals surface area (Å²) >= 11 is 3.63. The van der Waals surface area contributed by atoms with Gasteiger partial charge in [0.2, 0.25) is 0 Å². The molecule has 0 unspecified atom stereocenters. The summed E-state index contributed by atoms with van der Waals surface area (Å²) in [6.07, 6.45) is 8.85. The van der Waals surface area contributed by atoms with Crippen LogP contribution in [0.1, 0.15) is 49.5 Å². The fourth-order valence-corrected chi connectivity index (χ4v) is 3.73. The highest BCUT2D eigenvalue weighted by atomic mass is 79.9. The lowest BCUT2D eigenvalue weighted by Gasteiger charge is -2.28. The van der Waals surface area contributed by atoms with Crippen LogP contribution in [0.2, 0.25) is 0 Å². The van der Waals surface area contributed by atoms with Crippen molar-refractivity contribution in [2.45, 2.75) is 45.1 Å². The van der Waals surface area contributed by atoms with Crippen molar-refractivity contribution >= 4 is 33.0 Å². The first-order valence-electron chi connectivity index (χ1n) is 7.91. The molecule has 116 valence electrons. The van der Waals surface area contributed by atoms with Crippen LogP contribution in [0.5, 0.6) is 5.75 Å². The molecule has 0 saturated heterocycles. The van der Waals surface area contributed by atoms with E-state index in [-0.39, 0.29) is 0 Å². The van der Waals surface area contributed by atoms with Gasteiger partial charge in [0, 0.05) is 11.6 Å². The topological polar surface area (TPSA) is 39.2 Å². The highest BCUT2D eigenvalue weighted by molar-refractivity contribution is 9.10. The lowest BCUT2D eigenvalue weighted by molar-refractivity contribution is 0.111.